The summed E-state index contributed by atoms with van der Waals surface area (Å²) in [6, 6.07) is 26.6. The van der Waals surface area contributed by atoms with Crippen molar-refractivity contribution in [2.45, 2.75) is 113 Å². The zero-order valence-electron chi connectivity index (χ0n) is 34.5. The number of aliphatic hydroxyl groups excluding tert-OH is 3. The van der Waals surface area contributed by atoms with Crippen molar-refractivity contribution >= 4 is 28.8 Å². The maximum atomic E-state index is 15.5. The van der Waals surface area contributed by atoms with Crippen LogP contribution in [0.3, 0.4) is 0 Å². The zero-order chi connectivity index (χ0) is 43.1. The summed E-state index contributed by atoms with van der Waals surface area (Å²) in [6.45, 7) is 2.81. The van der Waals surface area contributed by atoms with Gasteiger partial charge in [0.1, 0.15) is 43.2 Å². The number of aromatic amines is 1. The molecule has 9 rings (SSSR count). The third kappa shape index (κ3) is 8.12. The Kier molecular flexibility index (Phi) is 11.9. The lowest BCUT2D eigenvalue weighted by molar-refractivity contribution is -0.218. The average Bonchev–Trinajstić information content (AvgIpc) is 4.08. The van der Waals surface area contributed by atoms with Gasteiger partial charge in [0.25, 0.3) is 0 Å². The molecule has 0 saturated carbocycles. The highest BCUT2D eigenvalue weighted by molar-refractivity contribution is 5.86. The first-order valence-corrected chi connectivity index (χ1v) is 21.6. The monoisotopic (exact) mass is 850 g/mol. The van der Waals surface area contributed by atoms with E-state index in [1.54, 1.807) is 33.8 Å². The minimum absolute atomic E-state index is 0.112. The number of halogens is 2. The summed E-state index contributed by atoms with van der Waals surface area (Å²) in [4.78, 5) is 36.3. The van der Waals surface area contributed by atoms with Gasteiger partial charge in [-0.25, -0.2) is 18.4 Å². The molecule has 0 aliphatic carbocycles. The Morgan fingerprint density at radius 3 is 2.02 bits per heavy atom. The number of carbonyl (C=O) groups is 2. The van der Waals surface area contributed by atoms with Gasteiger partial charge in [0, 0.05) is 53.4 Å². The normalized spacial score (nSPS) is 27.2. The second-order valence-electron chi connectivity index (χ2n) is 17.1. The highest BCUT2D eigenvalue weighted by Gasteiger charge is 2.53. The predicted octanol–water partition coefficient (Wildman–Crippen LogP) is 7.45. The molecule has 62 heavy (non-hydrogen) atoms. The van der Waals surface area contributed by atoms with Gasteiger partial charge in [0.15, 0.2) is 6.23 Å². The topological polar surface area (TPSA) is 148 Å². The maximum Gasteiger partial charge on any atom is 0.410 e. The third-order valence-corrected chi connectivity index (χ3v) is 13.2. The molecule has 14 heteroatoms. The van der Waals surface area contributed by atoms with Crippen LogP contribution in [-0.4, -0.2) is 98.1 Å². The van der Waals surface area contributed by atoms with Crippen molar-refractivity contribution < 1.29 is 47.9 Å². The van der Waals surface area contributed by atoms with Gasteiger partial charge in [-0.05, 0) is 98.0 Å². The van der Waals surface area contributed by atoms with Gasteiger partial charge < -0.3 is 49.2 Å². The number of hydrogen-bond donors (Lipinski definition) is 4. The van der Waals surface area contributed by atoms with Crippen LogP contribution in [0.25, 0.3) is 10.9 Å². The molecule has 5 aromatic rings. The van der Waals surface area contributed by atoms with E-state index in [2.05, 4.69) is 4.98 Å². The van der Waals surface area contributed by atoms with Crippen molar-refractivity contribution in [3.63, 3.8) is 0 Å². The lowest BCUT2D eigenvalue weighted by Gasteiger charge is -2.46. The largest absolute Gasteiger partial charge is 0.445 e. The van der Waals surface area contributed by atoms with Gasteiger partial charge in [-0.1, -0.05) is 66.7 Å². The zero-order valence-corrected chi connectivity index (χ0v) is 34.5. The fourth-order valence-electron chi connectivity index (χ4n) is 10.2. The quantitative estimate of drug-likeness (QED) is 0.113. The second kappa shape index (κ2) is 17.7. The number of likely N-dealkylation sites (tertiary alicyclic amines) is 2. The molecule has 2 unspecified atom stereocenters. The Hall–Kier alpha value is -5.54. The molecule has 2 amide bonds. The summed E-state index contributed by atoms with van der Waals surface area (Å²) in [6.07, 6.45) is -4.05. The van der Waals surface area contributed by atoms with E-state index in [1.807, 2.05) is 60.7 Å². The Morgan fingerprint density at radius 1 is 0.758 bits per heavy atom. The summed E-state index contributed by atoms with van der Waals surface area (Å²) in [5, 5.41) is 34.4. The molecule has 0 spiro atoms. The van der Waals surface area contributed by atoms with E-state index in [9.17, 15) is 24.9 Å². The average molecular weight is 851 g/mol. The van der Waals surface area contributed by atoms with E-state index < -0.39 is 66.4 Å². The number of nitrogens with one attached hydrogen (secondary N) is 1. The van der Waals surface area contributed by atoms with Crippen molar-refractivity contribution in [2.24, 2.45) is 0 Å². The van der Waals surface area contributed by atoms with Gasteiger partial charge in [-0.15, -0.1) is 0 Å². The number of carbonyl (C=O) groups excluding carboxylic acids is 2. The van der Waals surface area contributed by atoms with Crippen LogP contribution in [0.5, 0.6) is 0 Å². The van der Waals surface area contributed by atoms with Gasteiger partial charge in [0.05, 0.1) is 12.1 Å². The first kappa shape index (κ1) is 41.8. The van der Waals surface area contributed by atoms with Crippen molar-refractivity contribution in [1.29, 1.82) is 0 Å². The molecule has 0 bridgehead atoms. The van der Waals surface area contributed by atoms with E-state index in [4.69, 9.17) is 14.2 Å². The molecular formula is C48H52F2N4O8. The first-order valence-electron chi connectivity index (χ1n) is 21.6. The summed E-state index contributed by atoms with van der Waals surface area (Å²) in [5.74, 6) is -1.46. The van der Waals surface area contributed by atoms with Crippen molar-refractivity contribution in [1.82, 2.24) is 14.8 Å². The summed E-state index contributed by atoms with van der Waals surface area (Å²) >= 11 is 0. The molecule has 5 heterocycles. The molecule has 1 aromatic heterocycles. The fourth-order valence-corrected chi connectivity index (χ4v) is 10.2. The van der Waals surface area contributed by atoms with Crippen LogP contribution < -0.4 is 4.90 Å². The Balaban J connectivity index is 1.12. The number of hydrogen-bond acceptors (Lipinski definition) is 9. The molecule has 0 radical (unpaired) electrons. The molecular weight excluding hydrogens is 799 g/mol. The van der Waals surface area contributed by atoms with Crippen molar-refractivity contribution in [3.8, 4) is 0 Å². The number of aromatic nitrogens is 1. The highest BCUT2D eigenvalue weighted by atomic mass is 19.1. The van der Waals surface area contributed by atoms with Gasteiger partial charge in [-0.3, -0.25) is 0 Å². The van der Waals surface area contributed by atoms with Crippen LogP contribution in [0.4, 0.5) is 24.1 Å². The first-order chi connectivity index (χ1) is 30.0. The molecule has 326 valence electrons. The Morgan fingerprint density at radius 2 is 1.35 bits per heavy atom. The van der Waals surface area contributed by atoms with E-state index in [1.165, 1.54) is 24.3 Å². The molecule has 12 nitrogen and oxygen atoms in total. The number of aliphatic hydroxyl groups is 3. The van der Waals surface area contributed by atoms with Crippen LogP contribution >= 0.6 is 0 Å². The Bertz CT molecular complexity index is 2390. The summed E-state index contributed by atoms with van der Waals surface area (Å²) < 4.78 is 48.6. The van der Waals surface area contributed by atoms with Gasteiger partial charge in [0.2, 0.25) is 0 Å². The number of amides is 2. The molecule has 9 atom stereocenters. The number of ether oxygens (including phenoxy) is 3. The second-order valence-corrected chi connectivity index (χ2v) is 17.1. The number of fused-ring (bicyclic) bond motifs is 2. The lowest BCUT2D eigenvalue weighted by Crippen LogP contribution is -2.62. The predicted molar refractivity (Wildman–Crippen MR) is 226 cm³/mol. The van der Waals surface area contributed by atoms with Crippen LogP contribution in [0, 0.1) is 11.6 Å². The van der Waals surface area contributed by atoms with E-state index >= 15 is 8.78 Å². The lowest BCUT2D eigenvalue weighted by atomic mass is 9.84. The number of benzene rings is 4. The van der Waals surface area contributed by atoms with Gasteiger partial charge in [-0.2, -0.15) is 0 Å². The minimum Gasteiger partial charge on any atom is -0.445 e. The van der Waals surface area contributed by atoms with Crippen LogP contribution in [-0.2, 0) is 33.8 Å². The third-order valence-electron chi connectivity index (χ3n) is 13.2. The number of rotatable bonds is 10. The van der Waals surface area contributed by atoms with Crippen molar-refractivity contribution in [2.75, 3.05) is 18.0 Å². The van der Waals surface area contributed by atoms with Crippen LogP contribution in [0.15, 0.2) is 97.1 Å². The molecule has 3 fully saturated rings. The van der Waals surface area contributed by atoms with Crippen LogP contribution in [0.2, 0.25) is 0 Å². The highest BCUT2D eigenvalue weighted by Crippen LogP contribution is 2.55. The molecule has 4 aliphatic rings. The molecule has 4 aromatic carbocycles. The summed E-state index contributed by atoms with van der Waals surface area (Å²) in [5.41, 5.74) is 4.81. The van der Waals surface area contributed by atoms with Crippen molar-refractivity contribution in [3.05, 3.63) is 137 Å². The van der Waals surface area contributed by atoms with E-state index in [-0.39, 0.29) is 25.3 Å². The van der Waals surface area contributed by atoms with Gasteiger partial charge >= 0.3 is 12.2 Å². The standard InChI is InChI=1S/C48H52F2N4O8/c1-28-43(55)44(56)45(57)46(62-28)54-40-23-32(50)17-19-36(40)38(25-34-15-9-21-53(34)48(59)61-27-30-12-6-3-7-13-30)42(54)41-37(35-18-16-31(49)22-39(35)51-41)24-33-14-8-20-52(33)47(58)60-26-29-10-4-2-5-11-29/h2-7,10-13,16-19,22-23,28,33-34,38,42-46,51,55-57H,8-9,14-15,20-21,24-27H2,1H3/t28-,33-,34-,38?,42?,43+,44+,45-,46-/m0/s1. The maximum absolute atomic E-state index is 15.5. The molecule has 3 saturated heterocycles. The van der Waals surface area contributed by atoms with E-state index in [0.29, 0.717) is 55.7 Å². The number of H-pyrrole nitrogens is 1. The summed E-state index contributed by atoms with van der Waals surface area (Å²) in [7, 11) is 0. The Labute approximate surface area is 358 Å². The smallest absolute Gasteiger partial charge is 0.410 e. The van der Waals surface area contributed by atoms with Crippen LogP contribution in [0.1, 0.15) is 78.9 Å². The molecule has 4 N–H and O–H groups in total. The van der Waals surface area contributed by atoms with E-state index in [0.717, 1.165) is 40.5 Å². The fraction of sp³-hybridized carbons (Fsp3) is 0.417. The number of nitrogens with zero attached hydrogens (tertiary/aromatic N) is 3. The molecule has 4 aliphatic heterocycles. The SMILES string of the molecule is C[C@@H]1O[C@H](N2c3cc(F)ccc3C(C[C@@H]3CCCN3C(=O)OCc3ccccc3)C2c2[nH]c3cc(F)ccc3c2C[C@@H]2CCCN2C(=O)OCc2ccccc2)[C@@H](O)[C@H](O)[C@@H]1O. The number of anilines is 1. The minimum atomic E-state index is -1.62.